The van der Waals surface area contributed by atoms with E-state index in [0.29, 0.717) is 0 Å². The summed E-state index contributed by atoms with van der Waals surface area (Å²) >= 11 is 0. The number of halogens is 1. The predicted molar refractivity (Wildman–Crippen MR) is 75.0 cm³/mol. The smallest absolute Gasteiger partial charge is 0.125 e. The van der Waals surface area contributed by atoms with Crippen LogP contribution in [0.5, 0.6) is 0 Å². The molecule has 1 nitrogen and oxygen atoms in total. The van der Waals surface area contributed by atoms with Crippen molar-refractivity contribution in [3.8, 4) is 0 Å². The van der Waals surface area contributed by atoms with Crippen molar-refractivity contribution >= 4 is 25.4 Å². The molecular formula is C13H21FNP. The Balaban J connectivity index is 0.000000509. The Morgan fingerprint density at radius 1 is 1.06 bits per heavy atom. The van der Waals surface area contributed by atoms with Crippen LogP contribution in [0.3, 0.4) is 0 Å². The molecule has 0 saturated carbocycles. The molecule has 0 amide bonds. The van der Waals surface area contributed by atoms with Gasteiger partial charge in [0.25, 0.3) is 0 Å². The molecule has 1 unspecified atom stereocenters. The second kappa shape index (κ2) is 7.40. The van der Waals surface area contributed by atoms with E-state index in [2.05, 4.69) is 14.2 Å². The monoisotopic (exact) mass is 241 g/mol. The molecule has 0 aliphatic carbocycles. The van der Waals surface area contributed by atoms with Crippen LogP contribution >= 0.6 is 9.24 Å². The molecule has 2 aromatic rings. The highest BCUT2D eigenvalue weighted by Gasteiger charge is 2.02. The van der Waals surface area contributed by atoms with Gasteiger partial charge in [0.1, 0.15) is 5.82 Å². The maximum Gasteiger partial charge on any atom is 0.125 e. The molecule has 1 N–H and O–H groups in total. The van der Waals surface area contributed by atoms with E-state index >= 15 is 0 Å². The van der Waals surface area contributed by atoms with Gasteiger partial charge in [-0.25, -0.2) is 4.39 Å². The van der Waals surface area contributed by atoms with E-state index < -0.39 is 0 Å². The van der Waals surface area contributed by atoms with Gasteiger partial charge in [-0.15, -0.1) is 9.24 Å². The maximum atomic E-state index is 12.9. The standard InChI is InChI=1S/C9H9FNP.2C2H6/c1-5-2-7-8(11-5)3-6(10)4-9(7)12;2*1-2/h2-4,11H,12H2,1H3;2*1-2H3. The van der Waals surface area contributed by atoms with Gasteiger partial charge in [-0.3, -0.25) is 0 Å². The van der Waals surface area contributed by atoms with Crippen LogP contribution in [0, 0.1) is 12.7 Å². The van der Waals surface area contributed by atoms with Crippen molar-refractivity contribution in [2.45, 2.75) is 34.6 Å². The Morgan fingerprint density at radius 3 is 2.19 bits per heavy atom. The van der Waals surface area contributed by atoms with Gasteiger partial charge in [-0.2, -0.15) is 0 Å². The lowest BCUT2D eigenvalue weighted by atomic mass is 10.2. The molecule has 0 saturated heterocycles. The van der Waals surface area contributed by atoms with Crippen LogP contribution in [0.1, 0.15) is 33.4 Å². The molecule has 1 atom stereocenters. The number of aromatic amines is 1. The molecule has 0 radical (unpaired) electrons. The Hall–Kier alpha value is -0.880. The average molecular weight is 241 g/mol. The van der Waals surface area contributed by atoms with Gasteiger partial charge in [-0.05, 0) is 30.4 Å². The molecule has 1 heterocycles. The average Bonchev–Trinajstić information content (AvgIpc) is 2.65. The molecule has 0 aliphatic rings. The second-order valence-electron chi connectivity index (χ2n) is 2.91. The molecule has 3 heteroatoms. The number of benzene rings is 1. The summed E-state index contributed by atoms with van der Waals surface area (Å²) in [5.74, 6) is -0.200. The molecule has 0 bridgehead atoms. The topological polar surface area (TPSA) is 15.8 Å². The first-order valence-corrected chi connectivity index (χ1v) is 6.29. The molecule has 0 fully saturated rings. The third-order valence-electron chi connectivity index (χ3n) is 1.87. The summed E-state index contributed by atoms with van der Waals surface area (Å²) < 4.78 is 12.9. The zero-order valence-corrected chi connectivity index (χ0v) is 11.8. The van der Waals surface area contributed by atoms with Crippen molar-refractivity contribution in [2.24, 2.45) is 0 Å². The van der Waals surface area contributed by atoms with Gasteiger partial charge in [0.15, 0.2) is 0 Å². The summed E-state index contributed by atoms with van der Waals surface area (Å²) in [6, 6.07) is 5.04. The molecule has 2 rings (SSSR count). The summed E-state index contributed by atoms with van der Waals surface area (Å²) in [6.45, 7) is 9.96. The van der Waals surface area contributed by atoms with Crippen molar-refractivity contribution in [1.82, 2.24) is 4.98 Å². The van der Waals surface area contributed by atoms with E-state index in [1.807, 2.05) is 40.7 Å². The van der Waals surface area contributed by atoms with Crippen LogP contribution in [0.25, 0.3) is 10.9 Å². The minimum atomic E-state index is -0.200. The summed E-state index contributed by atoms with van der Waals surface area (Å²) in [6.07, 6.45) is 0. The lowest BCUT2D eigenvalue weighted by Gasteiger charge is -1.94. The fourth-order valence-electron chi connectivity index (χ4n) is 1.37. The van der Waals surface area contributed by atoms with E-state index in [1.54, 1.807) is 0 Å². The van der Waals surface area contributed by atoms with Gasteiger partial charge < -0.3 is 4.98 Å². The molecular weight excluding hydrogens is 220 g/mol. The van der Waals surface area contributed by atoms with Crippen molar-refractivity contribution in [3.63, 3.8) is 0 Å². The number of aromatic nitrogens is 1. The molecule has 0 aliphatic heterocycles. The normalized spacial score (nSPS) is 8.94. The van der Waals surface area contributed by atoms with Crippen molar-refractivity contribution < 1.29 is 4.39 Å². The Labute approximate surface area is 99.7 Å². The van der Waals surface area contributed by atoms with E-state index in [4.69, 9.17) is 0 Å². The maximum absolute atomic E-state index is 12.9. The lowest BCUT2D eigenvalue weighted by molar-refractivity contribution is 0.630. The second-order valence-corrected chi connectivity index (χ2v) is 3.53. The first-order chi connectivity index (χ1) is 7.66. The highest BCUT2D eigenvalue weighted by Crippen LogP contribution is 2.16. The Morgan fingerprint density at radius 2 is 1.62 bits per heavy atom. The molecule has 16 heavy (non-hydrogen) atoms. The molecule has 0 spiro atoms. The quantitative estimate of drug-likeness (QED) is 0.666. The van der Waals surface area contributed by atoms with Crippen molar-refractivity contribution in [2.75, 3.05) is 0 Å². The summed E-state index contributed by atoms with van der Waals surface area (Å²) in [4.78, 5) is 3.09. The number of rotatable bonds is 0. The van der Waals surface area contributed by atoms with Crippen LogP contribution in [-0.4, -0.2) is 4.98 Å². The number of H-pyrrole nitrogens is 1. The first-order valence-electron chi connectivity index (χ1n) is 5.71. The van der Waals surface area contributed by atoms with Gasteiger partial charge >= 0.3 is 0 Å². The van der Waals surface area contributed by atoms with Crippen LogP contribution in [0.4, 0.5) is 4.39 Å². The third kappa shape index (κ3) is 3.61. The highest BCUT2D eigenvalue weighted by molar-refractivity contribution is 7.28. The Kier molecular flexibility index (Phi) is 7.00. The van der Waals surface area contributed by atoms with E-state index in [1.165, 1.54) is 12.1 Å². The third-order valence-corrected chi connectivity index (χ3v) is 2.35. The molecule has 90 valence electrons. The largest absolute Gasteiger partial charge is 0.359 e. The van der Waals surface area contributed by atoms with Crippen LogP contribution in [-0.2, 0) is 0 Å². The van der Waals surface area contributed by atoms with Gasteiger partial charge in [-0.1, -0.05) is 27.7 Å². The van der Waals surface area contributed by atoms with E-state index in [-0.39, 0.29) is 5.82 Å². The zero-order valence-electron chi connectivity index (χ0n) is 10.7. The van der Waals surface area contributed by atoms with Crippen molar-refractivity contribution in [3.05, 3.63) is 29.7 Å². The van der Waals surface area contributed by atoms with E-state index in [0.717, 1.165) is 21.9 Å². The van der Waals surface area contributed by atoms with Crippen LogP contribution < -0.4 is 5.30 Å². The number of aryl methyl sites for hydroxylation is 1. The van der Waals surface area contributed by atoms with Gasteiger partial charge in [0.2, 0.25) is 0 Å². The number of nitrogens with one attached hydrogen (secondary N) is 1. The minimum Gasteiger partial charge on any atom is -0.359 e. The predicted octanol–water partition coefficient (Wildman–Crippen LogP) is 4.17. The summed E-state index contributed by atoms with van der Waals surface area (Å²) in [7, 11) is 2.53. The fourth-order valence-corrected chi connectivity index (χ4v) is 1.77. The summed E-state index contributed by atoms with van der Waals surface area (Å²) in [5, 5.41) is 1.97. The van der Waals surface area contributed by atoms with Crippen LogP contribution in [0.15, 0.2) is 18.2 Å². The lowest BCUT2D eigenvalue weighted by Crippen LogP contribution is -1.92. The highest BCUT2D eigenvalue weighted by atomic mass is 31.0. The number of hydrogen-bond acceptors (Lipinski definition) is 0. The zero-order chi connectivity index (χ0) is 12.7. The van der Waals surface area contributed by atoms with Crippen molar-refractivity contribution in [1.29, 1.82) is 0 Å². The van der Waals surface area contributed by atoms with Gasteiger partial charge in [0, 0.05) is 16.6 Å². The van der Waals surface area contributed by atoms with E-state index in [9.17, 15) is 4.39 Å². The first kappa shape index (κ1) is 15.1. The SMILES string of the molecule is CC.CC.Cc1cc2c(P)cc(F)cc2[nH]1. The number of fused-ring (bicyclic) bond motifs is 1. The fraction of sp³-hybridized carbons (Fsp3) is 0.385. The summed E-state index contributed by atoms with van der Waals surface area (Å²) in [5.41, 5.74) is 1.91. The molecule has 1 aromatic carbocycles. The number of hydrogen-bond donors (Lipinski definition) is 1. The Bertz CT molecular complexity index is 435. The van der Waals surface area contributed by atoms with Gasteiger partial charge in [0.05, 0.1) is 0 Å². The molecule has 1 aromatic heterocycles. The minimum absolute atomic E-state index is 0.200. The van der Waals surface area contributed by atoms with Crippen LogP contribution in [0.2, 0.25) is 0 Å².